The molecule has 0 spiro atoms. The summed E-state index contributed by atoms with van der Waals surface area (Å²) < 4.78 is 5.54. The monoisotopic (exact) mass is 318 g/mol. The molecule has 0 radical (unpaired) electrons. The van der Waals surface area contributed by atoms with Crippen LogP contribution in [0.2, 0.25) is 0 Å². The van der Waals surface area contributed by atoms with Crippen LogP contribution in [0.1, 0.15) is 72.9 Å². The number of esters is 1. The molecule has 1 aromatic carbocycles. The molecule has 0 atom stereocenters. The standard InChI is InChI=1S/C20H30O3/c1-9-10-13(2)18(22)23-14-11-15(19(3,4)5)17(21)16(12-14)20(6,7)8/h10-12,21H,9H2,1-8H3/b13-10+. The Morgan fingerprint density at radius 2 is 1.52 bits per heavy atom. The van der Waals surface area contributed by atoms with Crippen LogP contribution >= 0.6 is 0 Å². The molecular formula is C20H30O3. The van der Waals surface area contributed by atoms with Gasteiger partial charge in [0.15, 0.2) is 0 Å². The lowest BCUT2D eigenvalue weighted by Crippen LogP contribution is -2.18. The van der Waals surface area contributed by atoms with E-state index in [4.69, 9.17) is 4.74 Å². The van der Waals surface area contributed by atoms with Crippen molar-refractivity contribution in [2.45, 2.75) is 72.6 Å². The lowest BCUT2D eigenvalue weighted by Gasteiger charge is -2.27. The summed E-state index contributed by atoms with van der Waals surface area (Å²) in [5.41, 5.74) is 1.66. The predicted octanol–water partition coefficient (Wildman–Crippen LogP) is 5.25. The number of aromatic hydroxyl groups is 1. The van der Waals surface area contributed by atoms with Gasteiger partial charge in [-0.05, 0) is 36.3 Å². The van der Waals surface area contributed by atoms with E-state index in [1.807, 2.05) is 54.5 Å². The highest BCUT2D eigenvalue weighted by Gasteiger charge is 2.27. The third-order valence-electron chi connectivity index (χ3n) is 3.74. The molecule has 0 bridgehead atoms. The number of benzene rings is 1. The minimum Gasteiger partial charge on any atom is -0.507 e. The number of phenols is 1. The molecule has 1 N–H and O–H groups in total. The van der Waals surface area contributed by atoms with E-state index in [0.717, 1.165) is 17.5 Å². The van der Waals surface area contributed by atoms with Gasteiger partial charge in [0.2, 0.25) is 0 Å². The van der Waals surface area contributed by atoms with Gasteiger partial charge in [0, 0.05) is 16.7 Å². The van der Waals surface area contributed by atoms with Gasteiger partial charge in [0.05, 0.1) is 0 Å². The first-order chi connectivity index (χ1) is 10.4. The average molecular weight is 318 g/mol. The van der Waals surface area contributed by atoms with Crippen LogP contribution in [-0.2, 0) is 15.6 Å². The molecule has 0 amide bonds. The third kappa shape index (κ3) is 4.85. The number of rotatable bonds is 3. The summed E-state index contributed by atoms with van der Waals surface area (Å²) in [5.74, 6) is 0.411. The fraction of sp³-hybridized carbons (Fsp3) is 0.550. The maximum atomic E-state index is 12.2. The molecule has 1 rings (SSSR count). The van der Waals surface area contributed by atoms with Gasteiger partial charge < -0.3 is 9.84 Å². The maximum Gasteiger partial charge on any atom is 0.338 e. The number of hydrogen-bond acceptors (Lipinski definition) is 3. The van der Waals surface area contributed by atoms with E-state index in [2.05, 4.69) is 0 Å². The van der Waals surface area contributed by atoms with Gasteiger partial charge in [-0.2, -0.15) is 0 Å². The molecule has 0 aliphatic rings. The van der Waals surface area contributed by atoms with Crippen LogP contribution in [0.25, 0.3) is 0 Å². The average Bonchev–Trinajstić information content (AvgIpc) is 2.38. The summed E-state index contributed by atoms with van der Waals surface area (Å²) >= 11 is 0. The first-order valence-corrected chi connectivity index (χ1v) is 8.14. The minimum absolute atomic E-state index is 0.249. The predicted molar refractivity (Wildman–Crippen MR) is 95.2 cm³/mol. The van der Waals surface area contributed by atoms with Crippen LogP contribution in [0.15, 0.2) is 23.8 Å². The molecule has 0 aromatic heterocycles. The molecule has 3 nitrogen and oxygen atoms in total. The van der Waals surface area contributed by atoms with Crippen LogP contribution < -0.4 is 4.74 Å². The van der Waals surface area contributed by atoms with Gasteiger partial charge in [-0.3, -0.25) is 0 Å². The topological polar surface area (TPSA) is 46.5 Å². The molecule has 0 unspecified atom stereocenters. The number of carbonyl (C=O) groups excluding carboxylic acids is 1. The first-order valence-electron chi connectivity index (χ1n) is 8.14. The molecule has 0 saturated heterocycles. The Morgan fingerprint density at radius 3 is 1.87 bits per heavy atom. The second-order valence-electron chi connectivity index (χ2n) is 8.05. The Kier molecular flexibility index (Phi) is 5.68. The molecule has 0 saturated carbocycles. The smallest absolute Gasteiger partial charge is 0.338 e. The van der Waals surface area contributed by atoms with Crippen LogP contribution in [0, 0.1) is 0 Å². The van der Waals surface area contributed by atoms with Gasteiger partial charge >= 0.3 is 5.97 Å². The SMILES string of the molecule is CC/C=C(\C)C(=O)Oc1cc(C(C)(C)C)c(O)c(C(C)(C)C)c1. The third-order valence-corrected chi connectivity index (χ3v) is 3.74. The Balaban J connectivity index is 3.40. The normalized spacial score (nSPS) is 13.1. The van der Waals surface area contributed by atoms with Crippen molar-refractivity contribution in [2.75, 3.05) is 0 Å². The quantitative estimate of drug-likeness (QED) is 0.470. The van der Waals surface area contributed by atoms with Crippen LogP contribution in [-0.4, -0.2) is 11.1 Å². The van der Waals surface area contributed by atoms with Crippen LogP contribution in [0.3, 0.4) is 0 Å². The Hall–Kier alpha value is -1.77. The van der Waals surface area contributed by atoms with Gasteiger partial charge in [-0.25, -0.2) is 4.79 Å². The summed E-state index contributed by atoms with van der Waals surface area (Å²) in [6.45, 7) is 15.9. The Morgan fingerprint density at radius 1 is 1.09 bits per heavy atom. The molecule has 1 aromatic rings. The van der Waals surface area contributed by atoms with E-state index < -0.39 is 0 Å². The molecule has 23 heavy (non-hydrogen) atoms. The van der Waals surface area contributed by atoms with Gasteiger partial charge in [-0.1, -0.05) is 54.5 Å². The van der Waals surface area contributed by atoms with Crippen molar-refractivity contribution in [3.05, 3.63) is 34.9 Å². The molecule has 0 fully saturated rings. The van der Waals surface area contributed by atoms with E-state index in [9.17, 15) is 9.90 Å². The number of carbonyl (C=O) groups is 1. The van der Waals surface area contributed by atoms with Crippen molar-refractivity contribution in [3.8, 4) is 11.5 Å². The fourth-order valence-electron chi connectivity index (χ4n) is 2.39. The number of allylic oxidation sites excluding steroid dienone is 1. The first kappa shape index (κ1) is 19.3. The largest absolute Gasteiger partial charge is 0.507 e. The van der Waals surface area contributed by atoms with Gasteiger partial charge in [0.1, 0.15) is 11.5 Å². The van der Waals surface area contributed by atoms with E-state index in [1.54, 1.807) is 19.1 Å². The molecule has 0 heterocycles. The molecule has 0 aliphatic heterocycles. The zero-order valence-electron chi connectivity index (χ0n) is 15.7. The number of hydrogen-bond donors (Lipinski definition) is 1. The summed E-state index contributed by atoms with van der Waals surface area (Å²) in [6, 6.07) is 3.53. The van der Waals surface area contributed by atoms with E-state index in [1.165, 1.54) is 0 Å². The second kappa shape index (κ2) is 6.77. The van der Waals surface area contributed by atoms with Crippen LogP contribution in [0.5, 0.6) is 11.5 Å². The Bertz CT molecular complexity index is 576. The van der Waals surface area contributed by atoms with Crippen molar-refractivity contribution < 1.29 is 14.6 Å². The maximum absolute atomic E-state index is 12.2. The summed E-state index contributed by atoms with van der Waals surface area (Å²) in [7, 11) is 0. The molecule has 0 aliphatic carbocycles. The lowest BCUT2D eigenvalue weighted by molar-refractivity contribution is -0.130. The molecule has 128 valence electrons. The second-order valence-corrected chi connectivity index (χ2v) is 8.05. The highest BCUT2D eigenvalue weighted by Crippen LogP contribution is 2.41. The highest BCUT2D eigenvalue weighted by atomic mass is 16.5. The zero-order chi connectivity index (χ0) is 18.0. The summed E-state index contributed by atoms with van der Waals surface area (Å²) in [4.78, 5) is 12.2. The van der Waals surface area contributed by atoms with Gasteiger partial charge in [-0.15, -0.1) is 0 Å². The lowest BCUT2D eigenvalue weighted by atomic mass is 9.79. The Labute approximate surface area is 140 Å². The molecule has 3 heteroatoms. The van der Waals surface area contributed by atoms with Crippen LogP contribution in [0.4, 0.5) is 0 Å². The number of ether oxygens (including phenoxy) is 1. The number of phenolic OH excluding ortho intramolecular Hbond substituents is 1. The van der Waals surface area contributed by atoms with Crippen molar-refractivity contribution in [3.63, 3.8) is 0 Å². The van der Waals surface area contributed by atoms with Crippen molar-refractivity contribution in [1.82, 2.24) is 0 Å². The van der Waals surface area contributed by atoms with Crippen molar-refractivity contribution in [1.29, 1.82) is 0 Å². The zero-order valence-corrected chi connectivity index (χ0v) is 15.7. The highest BCUT2D eigenvalue weighted by molar-refractivity contribution is 5.89. The van der Waals surface area contributed by atoms with Gasteiger partial charge in [0.25, 0.3) is 0 Å². The van der Waals surface area contributed by atoms with Crippen molar-refractivity contribution >= 4 is 5.97 Å². The summed E-state index contributed by atoms with van der Waals surface area (Å²) in [5, 5.41) is 10.7. The van der Waals surface area contributed by atoms with Crippen molar-refractivity contribution in [2.24, 2.45) is 0 Å². The summed E-state index contributed by atoms with van der Waals surface area (Å²) in [6.07, 6.45) is 2.63. The molecular weight excluding hydrogens is 288 g/mol. The minimum atomic E-state index is -0.350. The van der Waals surface area contributed by atoms with E-state index >= 15 is 0 Å². The fourth-order valence-corrected chi connectivity index (χ4v) is 2.39. The van der Waals surface area contributed by atoms with E-state index in [0.29, 0.717) is 11.3 Å². The van der Waals surface area contributed by atoms with E-state index in [-0.39, 0.29) is 22.5 Å².